The summed E-state index contributed by atoms with van der Waals surface area (Å²) in [6.45, 7) is 5.27. The van der Waals surface area contributed by atoms with Gasteiger partial charge in [0, 0.05) is 44.5 Å². The molecule has 2 rings (SSSR count). The number of hydrogen-bond donors (Lipinski definition) is 1. The molecule has 110 valence electrons. The van der Waals surface area contributed by atoms with Gasteiger partial charge in [0.2, 0.25) is 5.91 Å². The second kappa shape index (κ2) is 5.62. The smallest absolute Gasteiger partial charge is 0.331 e. The van der Waals surface area contributed by atoms with Crippen molar-refractivity contribution in [3.63, 3.8) is 0 Å². The van der Waals surface area contributed by atoms with Gasteiger partial charge in [0.1, 0.15) is 6.54 Å². The molecule has 0 aromatic carbocycles. The Morgan fingerprint density at radius 3 is 2.50 bits per heavy atom. The summed E-state index contributed by atoms with van der Waals surface area (Å²) in [4.78, 5) is 37.2. The maximum atomic E-state index is 12.3. The number of carbonyl (C=O) groups is 1. The van der Waals surface area contributed by atoms with Gasteiger partial charge in [-0.2, -0.15) is 0 Å². The first-order chi connectivity index (χ1) is 9.38. The summed E-state index contributed by atoms with van der Waals surface area (Å²) >= 11 is 0. The Bertz CT molecular complexity index is 609. The lowest BCUT2D eigenvalue weighted by Crippen LogP contribution is -2.56. The molecule has 1 N–H and O–H groups in total. The van der Waals surface area contributed by atoms with E-state index in [9.17, 15) is 14.4 Å². The molecule has 0 aliphatic carbocycles. The van der Waals surface area contributed by atoms with Crippen LogP contribution in [0.5, 0.6) is 0 Å². The molecule has 1 saturated heterocycles. The molecule has 7 heteroatoms. The highest BCUT2D eigenvalue weighted by Crippen LogP contribution is 2.04. The molecule has 0 spiro atoms. The molecule has 1 fully saturated rings. The number of piperazine rings is 1. The van der Waals surface area contributed by atoms with Crippen molar-refractivity contribution in [3.8, 4) is 0 Å². The van der Waals surface area contributed by atoms with Crippen LogP contribution in [-0.2, 0) is 18.4 Å². The summed E-state index contributed by atoms with van der Waals surface area (Å²) in [5, 5.41) is 3.35. The first-order valence-electron chi connectivity index (χ1n) is 6.69. The highest BCUT2D eigenvalue weighted by atomic mass is 16.2. The van der Waals surface area contributed by atoms with Gasteiger partial charge in [-0.1, -0.05) is 0 Å². The average Bonchev–Trinajstić information content (AvgIpc) is 2.38. The Kier molecular flexibility index (Phi) is 4.08. The number of nitrogens with zero attached hydrogens (tertiary/aromatic N) is 3. The molecule has 1 aliphatic rings. The Hall–Kier alpha value is -1.89. The van der Waals surface area contributed by atoms with Crippen LogP contribution in [0.4, 0.5) is 0 Å². The van der Waals surface area contributed by atoms with Crippen molar-refractivity contribution in [2.24, 2.45) is 7.05 Å². The van der Waals surface area contributed by atoms with Crippen molar-refractivity contribution in [1.82, 2.24) is 19.4 Å². The molecule has 7 nitrogen and oxygen atoms in total. The van der Waals surface area contributed by atoms with Crippen LogP contribution in [0.1, 0.15) is 13.8 Å². The van der Waals surface area contributed by atoms with Gasteiger partial charge in [0.25, 0.3) is 5.56 Å². The van der Waals surface area contributed by atoms with Crippen molar-refractivity contribution >= 4 is 5.91 Å². The van der Waals surface area contributed by atoms with E-state index < -0.39 is 5.69 Å². The minimum atomic E-state index is -0.470. The number of amides is 1. The summed E-state index contributed by atoms with van der Waals surface area (Å²) in [5.41, 5.74) is -0.842. The zero-order valence-corrected chi connectivity index (χ0v) is 12.0. The Morgan fingerprint density at radius 2 is 1.90 bits per heavy atom. The number of rotatable bonds is 2. The minimum Gasteiger partial charge on any atom is -0.338 e. The van der Waals surface area contributed by atoms with Gasteiger partial charge in [-0.15, -0.1) is 0 Å². The maximum Gasteiger partial charge on any atom is 0.331 e. The van der Waals surface area contributed by atoms with Crippen molar-refractivity contribution in [2.45, 2.75) is 32.5 Å². The lowest BCUT2D eigenvalue weighted by molar-refractivity contribution is -0.133. The predicted octanol–water partition coefficient (Wildman–Crippen LogP) is -1.24. The van der Waals surface area contributed by atoms with Crippen LogP contribution in [0.25, 0.3) is 0 Å². The first-order valence-corrected chi connectivity index (χ1v) is 6.69. The standard InChI is InChI=1S/C13H20N4O3/c1-9-6-17(7-10(2)14-9)12(19)8-16-5-4-11(18)15(3)13(16)20/h4-5,9-10,14H,6-8H2,1-3H3/t9-,10-/m1/s1. The summed E-state index contributed by atoms with van der Waals surface area (Å²) in [5.74, 6) is -0.106. The number of nitrogens with one attached hydrogen (secondary N) is 1. The van der Waals surface area contributed by atoms with E-state index in [4.69, 9.17) is 0 Å². The Labute approximate surface area is 116 Å². The van der Waals surface area contributed by atoms with E-state index in [1.807, 2.05) is 13.8 Å². The predicted molar refractivity (Wildman–Crippen MR) is 74.6 cm³/mol. The summed E-state index contributed by atoms with van der Waals surface area (Å²) in [6.07, 6.45) is 1.37. The van der Waals surface area contributed by atoms with Crippen LogP contribution in [0.15, 0.2) is 21.9 Å². The molecule has 20 heavy (non-hydrogen) atoms. The summed E-state index contributed by atoms with van der Waals surface area (Å²) in [6, 6.07) is 1.76. The van der Waals surface area contributed by atoms with Gasteiger partial charge >= 0.3 is 5.69 Å². The van der Waals surface area contributed by atoms with Crippen LogP contribution in [0.2, 0.25) is 0 Å². The molecule has 0 bridgehead atoms. The number of aromatic nitrogens is 2. The van der Waals surface area contributed by atoms with Crippen molar-refractivity contribution < 1.29 is 4.79 Å². The van der Waals surface area contributed by atoms with E-state index >= 15 is 0 Å². The Morgan fingerprint density at radius 1 is 1.30 bits per heavy atom. The number of hydrogen-bond acceptors (Lipinski definition) is 4. The monoisotopic (exact) mass is 280 g/mol. The summed E-state index contributed by atoms with van der Waals surface area (Å²) in [7, 11) is 1.40. The molecular weight excluding hydrogens is 260 g/mol. The molecule has 1 aliphatic heterocycles. The van der Waals surface area contributed by atoms with Gasteiger partial charge in [-0.25, -0.2) is 4.79 Å². The third-order valence-corrected chi connectivity index (χ3v) is 3.48. The minimum absolute atomic E-state index is 0.0353. The molecule has 2 heterocycles. The third-order valence-electron chi connectivity index (χ3n) is 3.48. The lowest BCUT2D eigenvalue weighted by Gasteiger charge is -2.36. The zero-order chi connectivity index (χ0) is 14.9. The highest BCUT2D eigenvalue weighted by Gasteiger charge is 2.24. The quantitative estimate of drug-likeness (QED) is 0.735. The topological polar surface area (TPSA) is 76.3 Å². The first kappa shape index (κ1) is 14.5. The fourth-order valence-corrected chi connectivity index (χ4v) is 2.51. The van der Waals surface area contributed by atoms with Gasteiger partial charge in [0.05, 0.1) is 0 Å². The van der Waals surface area contributed by atoms with Crippen molar-refractivity contribution in [3.05, 3.63) is 33.1 Å². The van der Waals surface area contributed by atoms with E-state index in [0.717, 1.165) is 4.57 Å². The Balaban J connectivity index is 2.14. The van der Waals surface area contributed by atoms with Crippen LogP contribution >= 0.6 is 0 Å². The van der Waals surface area contributed by atoms with E-state index in [0.29, 0.717) is 13.1 Å². The maximum absolute atomic E-state index is 12.3. The van der Waals surface area contributed by atoms with Gasteiger partial charge in [-0.05, 0) is 13.8 Å². The average molecular weight is 280 g/mol. The molecule has 1 aromatic heterocycles. The van der Waals surface area contributed by atoms with E-state index in [-0.39, 0.29) is 30.1 Å². The second-order valence-electron chi connectivity index (χ2n) is 5.39. The van der Waals surface area contributed by atoms with Crippen LogP contribution < -0.4 is 16.6 Å². The molecule has 0 saturated carbocycles. The molecular formula is C13H20N4O3. The van der Waals surface area contributed by atoms with Gasteiger partial charge in [-0.3, -0.25) is 18.7 Å². The lowest BCUT2D eigenvalue weighted by atomic mass is 10.1. The normalized spacial score (nSPS) is 22.9. The molecule has 2 atom stereocenters. The molecule has 0 unspecified atom stereocenters. The van der Waals surface area contributed by atoms with Gasteiger partial charge in [0.15, 0.2) is 0 Å². The van der Waals surface area contributed by atoms with Crippen molar-refractivity contribution in [1.29, 1.82) is 0 Å². The van der Waals surface area contributed by atoms with Crippen molar-refractivity contribution in [2.75, 3.05) is 13.1 Å². The molecule has 0 radical (unpaired) electrons. The van der Waals surface area contributed by atoms with Gasteiger partial charge < -0.3 is 10.2 Å². The van der Waals surface area contributed by atoms with Crippen LogP contribution in [0.3, 0.4) is 0 Å². The van der Waals surface area contributed by atoms with E-state index in [2.05, 4.69) is 5.32 Å². The number of carbonyl (C=O) groups excluding carboxylic acids is 1. The zero-order valence-electron chi connectivity index (χ0n) is 12.0. The van der Waals surface area contributed by atoms with E-state index in [1.165, 1.54) is 23.9 Å². The third kappa shape index (κ3) is 2.98. The van der Waals surface area contributed by atoms with Crippen LogP contribution in [-0.4, -0.2) is 45.1 Å². The fraction of sp³-hybridized carbons (Fsp3) is 0.615. The molecule has 1 amide bonds. The fourth-order valence-electron chi connectivity index (χ4n) is 2.51. The SMILES string of the molecule is C[C@@H]1CN(C(=O)Cn2ccc(=O)n(C)c2=O)C[C@@H](C)N1. The second-order valence-corrected chi connectivity index (χ2v) is 5.39. The molecule has 1 aromatic rings. The summed E-state index contributed by atoms with van der Waals surface area (Å²) < 4.78 is 2.26. The largest absolute Gasteiger partial charge is 0.338 e. The van der Waals surface area contributed by atoms with E-state index in [1.54, 1.807) is 4.90 Å². The highest BCUT2D eigenvalue weighted by molar-refractivity contribution is 5.76. The van der Waals surface area contributed by atoms with Crippen LogP contribution in [0, 0.1) is 0 Å².